The average Bonchev–Trinajstić information content (AvgIpc) is 3.40. The van der Waals surface area contributed by atoms with Crippen molar-refractivity contribution in [2.45, 2.75) is 37.9 Å². The lowest BCUT2D eigenvalue weighted by Gasteiger charge is -2.33. The maximum absolute atomic E-state index is 12.7. The minimum Gasteiger partial charge on any atom is -0.493 e. The predicted octanol–water partition coefficient (Wildman–Crippen LogP) is 2.93. The van der Waals surface area contributed by atoms with Gasteiger partial charge in [-0.25, -0.2) is 9.80 Å². The first-order valence-electron chi connectivity index (χ1n) is 11.9. The standard InChI is InChI=1S/C26H33N5O3/c1-16-10-18-11-23(33-4)24(34-5)13-22(18)25(28-31(16)26(32)27-2)17-6-8-19(9-7-17)30-15-20-12-21(30)14-29(20)3/h6-9,11,13,16,20-21H,10,12,14-15H2,1-5H3,(H,27,32)/t16-,20-,21+/m1/s1. The first-order valence-corrected chi connectivity index (χ1v) is 11.9. The van der Waals surface area contributed by atoms with Crippen LogP contribution in [0.3, 0.4) is 0 Å². The summed E-state index contributed by atoms with van der Waals surface area (Å²) in [6.45, 7) is 4.20. The Balaban J connectivity index is 1.56. The number of hydrazone groups is 1. The van der Waals surface area contributed by atoms with Crippen LogP contribution in [-0.4, -0.2) is 81.2 Å². The molecule has 1 N–H and O–H groups in total. The van der Waals surface area contributed by atoms with Crippen molar-refractivity contribution >= 4 is 17.4 Å². The van der Waals surface area contributed by atoms with Crippen molar-refractivity contribution in [1.82, 2.24) is 15.2 Å². The van der Waals surface area contributed by atoms with Crippen molar-refractivity contribution in [2.75, 3.05) is 46.3 Å². The third-order valence-corrected chi connectivity index (χ3v) is 7.41. The van der Waals surface area contributed by atoms with Crippen LogP contribution in [0, 0.1) is 0 Å². The predicted molar refractivity (Wildman–Crippen MR) is 133 cm³/mol. The van der Waals surface area contributed by atoms with E-state index < -0.39 is 0 Å². The monoisotopic (exact) mass is 463 g/mol. The molecule has 2 aromatic carbocycles. The Morgan fingerprint density at radius 1 is 1.06 bits per heavy atom. The fourth-order valence-corrected chi connectivity index (χ4v) is 5.54. The van der Waals surface area contributed by atoms with E-state index in [0.29, 0.717) is 30.0 Å². The molecule has 5 rings (SSSR count). The smallest absolute Gasteiger partial charge is 0.337 e. The molecule has 8 heteroatoms. The largest absolute Gasteiger partial charge is 0.493 e. The van der Waals surface area contributed by atoms with Crippen LogP contribution in [0.25, 0.3) is 0 Å². The molecule has 2 fully saturated rings. The van der Waals surface area contributed by atoms with E-state index in [9.17, 15) is 4.79 Å². The molecule has 3 aliphatic heterocycles. The number of likely N-dealkylation sites (tertiary alicyclic amines) is 1. The fourth-order valence-electron chi connectivity index (χ4n) is 5.54. The Bertz CT molecular complexity index is 1110. The number of nitrogens with zero attached hydrogens (tertiary/aromatic N) is 4. The molecule has 2 aromatic rings. The minimum atomic E-state index is -0.231. The summed E-state index contributed by atoms with van der Waals surface area (Å²) in [6, 6.07) is 13.4. The SMILES string of the molecule is CNC(=O)N1N=C(c2ccc(N3C[C@H]4C[C@H]3CN4C)cc2)c2cc(OC)c(OC)cc2C[C@H]1C. The Hall–Kier alpha value is -3.26. The molecule has 2 amide bonds. The molecule has 34 heavy (non-hydrogen) atoms. The normalized spacial score (nSPS) is 23.9. The number of urea groups is 1. The number of nitrogens with one attached hydrogen (secondary N) is 1. The lowest BCUT2D eigenvalue weighted by Crippen LogP contribution is -2.44. The minimum absolute atomic E-state index is 0.120. The summed E-state index contributed by atoms with van der Waals surface area (Å²) in [7, 11) is 7.12. The van der Waals surface area contributed by atoms with Crippen molar-refractivity contribution in [3.05, 3.63) is 53.1 Å². The second-order valence-corrected chi connectivity index (χ2v) is 9.45. The maximum Gasteiger partial charge on any atom is 0.337 e. The number of amides is 2. The molecular weight excluding hydrogens is 430 g/mol. The van der Waals surface area contributed by atoms with Crippen LogP contribution in [0.1, 0.15) is 30.0 Å². The zero-order valence-corrected chi connectivity index (χ0v) is 20.5. The van der Waals surface area contributed by atoms with Gasteiger partial charge in [-0.2, -0.15) is 5.10 Å². The van der Waals surface area contributed by atoms with Crippen LogP contribution in [0.4, 0.5) is 10.5 Å². The summed E-state index contributed by atoms with van der Waals surface area (Å²) in [5.41, 5.74) is 4.97. The van der Waals surface area contributed by atoms with Gasteiger partial charge in [-0.15, -0.1) is 0 Å². The van der Waals surface area contributed by atoms with E-state index in [4.69, 9.17) is 14.6 Å². The number of fused-ring (bicyclic) bond motifs is 3. The van der Waals surface area contributed by atoms with Crippen molar-refractivity contribution in [3.8, 4) is 11.5 Å². The number of benzene rings is 2. The van der Waals surface area contributed by atoms with Gasteiger partial charge >= 0.3 is 6.03 Å². The highest BCUT2D eigenvalue weighted by atomic mass is 16.5. The third kappa shape index (κ3) is 3.76. The molecule has 2 saturated heterocycles. The molecule has 3 heterocycles. The maximum atomic E-state index is 12.7. The van der Waals surface area contributed by atoms with E-state index >= 15 is 0 Å². The van der Waals surface area contributed by atoms with E-state index in [1.807, 2.05) is 19.1 Å². The number of ether oxygens (including phenoxy) is 2. The van der Waals surface area contributed by atoms with Crippen molar-refractivity contribution in [1.29, 1.82) is 0 Å². The summed E-state index contributed by atoms with van der Waals surface area (Å²) in [5, 5.41) is 9.13. The first kappa shape index (κ1) is 22.5. The summed E-state index contributed by atoms with van der Waals surface area (Å²) in [6.07, 6.45) is 1.89. The second-order valence-electron chi connectivity index (χ2n) is 9.45. The number of likely N-dealkylation sites (N-methyl/N-ethyl adjacent to an activating group) is 1. The van der Waals surface area contributed by atoms with E-state index in [-0.39, 0.29) is 12.1 Å². The van der Waals surface area contributed by atoms with Gasteiger partial charge in [-0.3, -0.25) is 4.90 Å². The molecule has 0 radical (unpaired) electrons. The number of piperazine rings is 1. The number of carbonyl (C=O) groups excluding carboxylic acids is 1. The van der Waals surface area contributed by atoms with E-state index in [1.165, 1.54) is 17.1 Å². The van der Waals surface area contributed by atoms with Gasteiger partial charge < -0.3 is 19.7 Å². The van der Waals surface area contributed by atoms with Crippen molar-refractivity contribution < 1.29 is 14.3 Å². The molecule has 0 unspecified atom stereocenters. The van der Waals surface area contributed by atoms with Crippen LogP contribution in [0.15, 0.2) is 41.5 Å². The molecule has 0 aliphatic carbocycles. The molecule has 8 nitrogen and oxygen atoms in total. The average molecular weight is 464 g/mol. The highest BCUT2D eigenvalue weighted by molar-refractivity contribution is 6.14. The van der Waals surface area contributed by atoms with Gasteiger partial charge in [-0.1, -0.05) is 12.1 Å². The van der Waals surface area contributed by atoms with E-state index in [2.05, 4.69) is 46.4 Å². The number of anilines is 1. The summed E-state index contributed by atoms with van der Waals surface area (Å²) in [4.78, 5) is 17.7. The van der Waals surface area contributed by atoms with Gasteiger partial charge in [0.1, 0.15) is 0 Å². The van der Waals surface area contributed by atoms with Crippen LogP contribution >= 0.6 is 0 Å². The molecule has 2 bridgehead atoms. The van der Waals surface area contributed by atoms with Gasteiger partial charge in [0.05, 0.1) is 26.0 Å². The van der Waals surface area contributed by atoms with Gasteiger partial charge in [0, 0.05) is 49.0 Å². The Morgan fingerprint density at radius 3 is 2.35 bits per heavy atom. The first-order chi connectivity index (χ1) is 16.4. The third-order valence-electron chi connectivity index (χ3n) is 7.41. The van der Waals surface area contributed by atoms with Gasteiger partial charge in [0.15, 0.2) is 11.5 Å². The Kier molecular flexibility index (Phi) is 5.85. The lowest BCUT2D eigenvalue weighted by molar-refractivity contribution is 0.184. The summed E-state index contributed by atoms with van der Waals surface area (Å²) < 4.78 is 11.1. The number of carbonyl (C=O) groups is 1. The molecular formula is C26H33N5O3. The van der Waals surface area contributed by atoms with Crippen molar-refractivity contribution in [2.24, 2.45) is 5.10 Å². The fraction of sp³-hybridized carbons (Fsp3) is 0.462. The Morgan fingerprint density at radius 2 is 1.76 bits per heavy atom. The highest BCUT2D eigenvalue weighted by Crippen LogP contribution is 2.36. The highest BCUT2D eigenvalue weighted by Gasteiger charge is 2.41. The van der Waals surface area contributed by atoms with Gasteiger partial charge in [-0.05, 0) is 56.6 Å². The quantitative estimate of drug-likeness (QED) is 0.755. The summed E-state index contributed by atoms with van der Waals surface area (Å²) in [5.74, 6) is 1.31. The lowest BCUT2D eigenvalue weighted by atomic mass is 9.94. The molecule has 3 aliphatic rings. The molecule has 0 spiro atoms. The second kappa shape index (κ2) is 8.83. The number of hydrogen-bond acceptors (Lipinski definition) is 6. The molecule has 180 valence electrons. The van der Waals surface area contributed by atoms with Crippen molar-refractivity contribution in [3.63, 3.8) is 0 Å². The number of methoxy groups -OCH3 is 2. The van der Waals surface area contributed by atoms with E-state index in [1.54, 1.807) is 21.3 Å². The molecule has 0 aromatic heterocycles. The van der Waals surface area contributed by atoms with Gasteiger partial charge in [0.2, 0.25) is 0 Å². The topological polar surface area (TPSA) is 69.6 Å². The van der Waals surface area contributed by atoms with Crippen LogP contribution < -0.4 is 19.7 Å². The summed E-state index contributed by atoms with van der Waals surface area (Å²) >= 11 is 0. The van der Waals surface area contributed by atoms with Crippen LogP contribution in [0.5, 0.6) is 11.5 Å². The number of rotatable bonds is 4. The zero-order chi connectivity index (χ0) is 24.0. The van der Waals surface area contributed by atoms with E-state index in [0.717, 1.165) is 35.5 Å². The number of hydrogen-bond donors (Lipinski definition) is 1. The van der Waals surface area contributed by atoms with Crippen LogP contribution in [0.2, 0.25) is 0 Å². The zero-order valence-electron chi connectivity index (χ0n) is 20.5. The molecule has 3 atom stereocenters. The Labute approximate surface area is 201 Å². The molecule has 0 saturated carbocycles. The van der Waals surface area contributed by atoms with Crippen LogP contribution in [-0.2, 0) is 6.42 Å². The van der Waals surface area contributed by atoms with Gasteiger partial charge in [0.25, 0.3) is 0 Å².